The summed E-state index contributed by atoms with van der Waals surface area (Å²) in [6, 6.07) is 0. The van der Waals surface area contributed by atoms with Gasteiger partial charge in [-0.05, 0) is 41.0 Å². The second-order valence-corrected chi connectivity index (χ2v) is 7.56. The van der Waals surface area contributed by atoms with Gasteiger partial charge in [0.15, 0.2) is 5.96 Å². The molecule has 0 saturated carbocycles. The fraction of sp³-hybridized carbons (Fsp3) is 0.947. The van der Waals surface area contributed by atoms with E-state index in [2.05, 4.69) is 50.2 Å². The van der Waals surface area contributed by atoms with Crippen LogP contribution in [-0.4, -0.2) is 88.3 Å². The fourth-order valence-electron chi connectivity index (χ4n) is 3.01. The molecule has 7 nitrogen and oxygen atoms in total. The number of halogens is 1. The summed E-state index contributed by atoms with van der Waals surface area (Å²) in [5.74, 6) is 0.867. The molecule has 0 aromatic rings. The van der Waals surface area contributed by atoms with Crippen molar-refractivity contribution in [2.75, 3.05) is 59.7 Å². The van der Waals surface area contributed by atoms with Gasteiger partial charge >= 0.3 is 0 Å². The molecule has 8 heteroatoms. The van der Waals surface area contributed by atoms with Crippen molar-refractivity contribution in [2.24, 2.45) is 4.99 Å². The van der Waals surface area contributed by atoms with Gasteiger partial charge in [0.25, 0.3) is 0 Å². The predicted octanol–water partition coefficient (Wildman–Crippen LogP) is 2.10. The predicted molar refractivity (Wildman–Crippen MR) is 122 cm³/mol. The second kappa shape index (κ2) is 14.8. The van der Waals surface area contributed by atoms with Crippen LogP contribution >= 0.6 is 24.0 Å². The molecule has 0 aromatic carbocycles. The summed E-state index contributed by atoms with van der Waals surface area (Å²) in [6.07, 6.45) is 1.48. The Bertz CT molecular complexity index is 400. The van der Waals surface area contributed by atoms with E-state index in [1.165, 1.54) is 0 Å². The van der Waals surface area contributed by atoms with E-state index in [4.69, 9.17) is 19.2 Å². The Labute approximate surface area is 183 Å². The first kappa shape index (κ1) is 26.8. The van der Waals surface area contributed by atoms with Gasteiger partial charge in [-0.2, -0.15) is 0 Å². The molecule has 1 rings (SSSR count). The van der Waals surface area contributed by atoms with Gasteiger partial charge in [-0.15, -0.1) is 24.0 Å². The summed E-state index contributed by atoms with van der Waals surface area (Å²) < 4.78 is 16.3. The molecule has 1 aliphatic heterocycles. The lowest BCUT2D eigenvalue weighted by Gasteiger charge is -2.44. The highest BCUT2D eigenvalue weighted by atomic mass is 127. The van der Waals surface area contributed by atoms with Crippen LogP contribution in [0.1, 0.15) is 41.0 Å². The monoisotopic (exact) mass is 500 g/mol. The summed E-state index contributed by atoms with van der Waals surface area (Å²) in [6.45, 7) is 17.2. The second-order valence-electron chi connectivity index (χ2n) is 7.56. The zero-order valence-electron chi connectivity index (χ0n) is 18.0. The van der Waals surface area contributed by atoms with Crippen LogP contribution < -0.4 is 10.6 Å². The maximum absolute atomic E-state index is 5.85. The zero-order valence-corrected chi connectivity index (χ0v) is 20.4. The standard InChI is InChI=1S/C19H40N4O3.HI/c1-7-20-18(21-9-8-10-25-12-11-24-6)22-15-19(4,5)23-13-16(2)26-17(3)14-23;/h16-17H,7-15H2,1-6H3,(H2,20,21,22);1H. The summed E-state index contributed by atoms with van der Waals surface area (Å²) >= 11 is 0. The molecule has 1 saturated heterocycles. The lowest BCUT2D eigenvalue weighted by atomic mass is 10.0. The maximum Gasteiger partial charge on any atom is 0.191 e. The molecule has 1 aliphatic rings. The number of aliphatic imine (C=N–C) groups is 1. The number of nitrogens with zero attached hydrogens (tertiary/aromatic N) is 2. The number of rotatable bonds is 11. The van der Waals surface area contributed by atoms with Crippen molar-refractivity contribution in [3.63, 3.8) is 0 Å². The summed E-state index contributed by atoms with van der Waals surface area (Å²) in [7, 11) is 1.68. The Hall–Kier alpha value is -0.160. The molecule has 2 atom stereocenters. The van der Waals surface area contributed by atoms with Crippen molar-refractivity contribution >= 4 is 29.9 Å². The van der Waals surface area contributed by atoms with E-state index in [1.807, 2.05) is 0 Å². The smallest absolute Gasteiger partial charge is 0.191 e. The van der Waals surface area contributed by atoms with E-state index in [0.29, 0.717) is 13.2 Å². The Morgan fingerprint density at radius 3 is 2.41 bits per heavy atom. The van der Waals surface area contributed by atoms with Crippen molar-refractivity contribution in [1.82, 2.24) is 15.5 Å². The van der Waals surface area contributed by atoms with Gasteiger partial charge in [0.05, 0.1) is 32.0 Å². The summed E-state index contributed by atoms with van der Waals surface area (Å²) in [4.78, 5) is 7.30. The minimum atomic E-state index is -0.00207. The molecule has 2 unspecified atom stereocenters. The van der Waals surface area contributed by atoms with Crippen LogP contribution in [0.5, 0.6) is 0 Å². The van der Waals surface area contributed by atoms with Crippen molar-refractivity contribution in [3.8, 4) is 0 Å². The van der Waals surface area contributed by atoms with Crippen LogP contribution in [-0.2, 0) is 14.2 Å². The minimum Gasteiger partial charge on any atom is -0.382 e. The quantitative estimate of drug-likeness (QED) is 0.196. The van der Waals surface area contributed by atoms with E-state index in [0.717, 1.165) is 51.7 Å². The number of ether oxygens (including phenoxy) is 3. The third-order valence-corrected chi connectivity index (χ3v) is 4.43. The zero-order chi connectivity index (χ0) is 19.4. The van der Waals surface area contributed by atoms with Crippen molar-refractivity contribution < 1.29 is 14.2 Å². The highest BCUT2D eigenvalue weighted by molar-refractivity contribution is 14.0. The van der Waals surface area contributed by atoms with E-state index < -0.39 is 0 Å². The number of hydrogen-bond donors (Lipinski definition) is 2. The molecule has 1 heterocycles. The highest BCUT2D eigenvalue weighted by Crippen LogP contribution is 2.21. The molecule has 0 amide bonds. The third-order valence-electron chi connectivity index (χ3n) is 4.43. The van der Waals surface area contributed by atoms with Crippen LogP contribution in [0.25, 0.3) is 0 Å². The molecule has 2 N–H and O–H groups in total. The number of nitrogens with one attached hydrogen (secondary N) is 2. The van der Waals surface area contributed by atoms with Crippen LogP contribution in [0, 0.1) is 0 Å². The molecule has 162 valence electrons. The van der Waals surface area contributed by atoms with Gasteiger partial charge in [0.1, 0.15) is 0 Å². The normalized spacial score (nSPS) is 21.6. The Morgan fingerprint density at radius 1 is 1.15 bits per heavy atom. The Balaban J connectivity index is 0.00000676. The van der Waals surface area contributed by atoms with Gasteiger partial charge in [-0.1, -0.05) is 0 Å². The van der Waals surface area contributed by atoms with Gasteiger partial charge < -0.3 is 24.8 Å². The first-order valence-corrected chi connectivity index (χ1v) is 9.88. The van der Waals surface area contributed by atoms with Gasteiger partial charge in [0.2, 0.25) is 0 Å². The molecule has 0 radical (unpaired) electrons. The topological polar surface area (TPSA) is 67.4 Å². The third kappa shape index (κ3) is 11.4. The number of methoxy groups -OCH3 is 1. The van der Waals surface area contributed by atoms with Crippen LogP contribution in [0.4, 0.5) is 0 Å². The van der Waals surface area contributed by atoms with E-state index in [9.17, 15) is 0 Å². The fourth-order valence-corrected chi connectivity index (χ4v) is 3.01. The van der Waals surface area contributed by atoms with Crippen molar-refractivity contribution in [3.05, 3.63) is 0 Å². The van der Waals surface area contributed by atoms with Gasteiger partial charge in [-0.3, -0.25) is 9.89 Å². The molecule has 0 aliphatic carbocycles. The molecule has 0 spiro atoms. The summed E-state index contributed by atoms with van der Waals surface area (Å²) in [5.41, 5.74) is -0.00207. The lowest BCUT2D eigenvalue weighted by molar-refractivity contribution is -0.0939. The van der Waals surface area contributed by atoms with Gasteiger partial charge in [0, 0.05) is 45.4 Å². The molecule has 0 bridgehead atoms. The SMILES string of the molecule is CCNC(=NCC(C)(C)N1CC(C)OC(C)C1)NCCCOCCOC.I. The molecule has 27 heavy (non-hydrogen) atoms. The molecular weight excluding hydrogens is 459 g/mol. The number of morpholine rings is 1. The average Bonchev–Trinajstić information content (AvgIpc) is 2.58. The van der Waals surface area contributed by atoms with Crippen LogP contribution in [0.2, 0.25) is 0 Å². The van der Waals surface area contributed by atoms with Crippen molar-refractivity contribution in [2.45, 2.75) is 58.8 Å². The minimum absolute atomic E-state index is 0. The van der Waals surface area contributed by atoms with Crippen LogP contribution in [0.3, 0.4) is 0 Å². The first-order valence-electron chi connectivity index (χ1n) is 9.88. The van der Waals surface area contributed by atoms with Crippen LogP contribution in [0.15, 0.2) is 4.99 Å². The Kier molecular flexibility index (Phi) is 14.7. The first-order chi connectivity index (χ1) is 12.4. The molecule has 1 fully saturated rings. The number of hydrogen-bond acceptors (Lipinski definition) is 5. The largest absolute Gasteiger partial charge is 0.382 e. The molecule has 0 aromatic heterocycles. The molecular formula is C19H41IN4O3. The van der Waals surface area contributed by atoms with Crippen molar-refractivity contribution in [1.29, 1.82) is 0 Å². The van der Waals surface area contributed by atoms with Gasteiger partial charge in [-0.25, -0.2) is 0 Å². The Morgan fingerprint density at radius 2 is 1.81 bits per heavy atom. The van der Waals surface area contributed by atoms with E-state index in [1.54, 1.807) is 7.11 Å². The lowest BCUT2D eigenvalue weighted by Crippen LogP contribution is -2.56. The summed E-state index contributed by atoms with van der Waals surface area (Å²) in [5, 5.41) is 6.71. The highest BCUT2D eigenvalue weighted by Gasteiger charge is 2.33. The average molecular weight is 500 g/mol. The van der Waals surface area contributed by atoms with E-state index in [-0.39, 0.29) is 41.7 Å². The maximum atomic E-state index is 5.85. The number of guanidine groups is 1. The van der Waals surface area contributed by atoms with E-state index >= 15 is 0 Å².